The number of halogens is 1. The second kappa shape index (κ2) is 10.5. The van der Waals surface area contributed by atoms with Gasteiger partial charge in [0.15, 0.2) is 0 Å². The van der Waals surface area contributed by atoms with Crippen LogP contribution in [0, 0.1) is 5.82 Å². The summed E-state index contributed by atoms with van der Waals surface area (Å²) >= 11 is 0. The lowest BCUT2D eigenvalue weighted by atomic mass is 9.95. The maximum absolute atomic E-state index is 15.3. The van der Waals surface area contributed by atoms with Crippen LogP contribution in [0.2, 0.25) is 0 Å². The number of aliphatic carboxylic acids is 1. The van der Waals surface area contributed by atoms with E-state index >= 15 is 4.39 Å². The fraction of sp³-hybridized carbons (Fsp3) is 0.385. The van der Waals surface area contributed by atoms with E-state index in [0.717, 1.165) is 12.8 Å². The van der Waals surface area contributed by atoms with Crippen molar-refractivity contribution in [3.05, 3.63) is 59.0 Å². The summed E-state index contributed by atoms with van der Waals surface area (Å²) in [5, 5.41) is 53.8. The molecule has 1 saturated heterocycles. The minimum Gasteiger partial charge on any atom is -0.507 e. The second-order valence-corrected chi connectivity index (χ2v) is 9.61. The van der Waals surface area contributed by atoms with Gasteiger partial charge in [-0.1, -0.05) is 6.07 Å². The first-order valence-corrected chi connectivity index (χ1v) is 12.4. The van der Waals surface area contributed by atoms with Crippen molar-refractivity contribution in [3.8, 4) is 11.5 Å². The lowest BCUT2D eigenvalue weighted by Crippen LogP contribution is -2.55. The summed E-state index contributed by atoms with van der Waals surface area (Å²) in [7, 11) is 0. The number of hydrogen-bond donors (Lipinski definition) is 6. The van der Waals surface area contributed by atoms with E-state index in [0.29, 0.717) is 37.6 Å². The number of carboxylic acid groups (broad SMARTS) is 1. The Kier molecular flexibility index (Phi) is 7.11. The van der Waals surface area contributed by atoms with Crippen LogP contribution in [0.25, 0.3) is 0 Å². The van der Waals surface area contributed by atoms with Gasteiger partial charge in [-0.25, -0.2) is 9.18 Å². The first-order valence-electron chi connectivity index (χ1n) is 12.4. The standard InChI is InChI=1S/C26H30FN5O6/c27-19-10-16-20(32(15-4-5-15)13-18(25(16)36)26(37)38)11-21(19)30-6-8-31(9-7-30)24(14-33)29-28-12-17-22(34)2-1-3-23(17)35/h1-3,10-13,15,24-25,29,33-36H,4-9,14H2,(H,37,38)/b28-12+. The number of anilines is 2. The first kappa shape index (κ1) is 25.8. The molecule has 2 heterocycles. The number of hydrogen-bond acceptors (Lipinski definition) is 10. The van der Waals surface area contributed by atoms with Gasteiger partial charge in [-0.3, -0.25) is 10.3 Å². The minimum absolute atomic E-state index is 0.126. The van der Waals surface area contributed by atoms with Crippen LogP contribution in [0.3, 0.4) is 0 Å². The fourth-order valence-corrected chi connectivity index (χ4v) is 4.91. The molecule has 3 aliphatic rings. The molecule has 2 aromatic rings. The molecule has 2 fully saturated rings. The quantitative estimate of drug-likeness (QED) is 0.219. The molecule has 6 N–H and O–H groups in total. The summed E-state index contributed by atoms with van der Waals surface area (Å²) in [6.07, 6.45) is 2.58. The van der Waals surface area contributed by atoms with Crippen LogP contribution in [-0.2, 0) is 4.79 Å². The lowest BCUT2D eigenvalue weighted by Gasteiger charge is -2.40. The highest BCUT2D eigenvalue weighted by Gasteiger charge is 2.38. The Morgan fingerprint density at radius 2 is 1.82 bits per heavy atom. The number of fused-ring (bicyclic) bond motifs is 1. The number of piperazine rings is 1. The van der Waals surface area contributed by atoms with Crippen LogP contribution >= 0.6 is 0 Å². The van der Waals surface area contributed by atoms with E-state index in [1.165, 1.54) is 36.7 Å². The van der Waals surface area contributed by atoms with Gasteiger partial charge in [0, 0.05) is 49.7 Å². The number of nitrogens with zero attached hydrogens (tertiary/aromatic N) is 4. The number of benzene rings is 2. The number of nitrogens with one attached hydrogen (secondary N) is 1. The van der Waals surface area contributed by atoms with E-state index in [9.17, 15) is 30.3 Å². The largest absolute Gasteiger partial charge is 0.507 e. The zero-order valence-corrected chi connectivity index (χ0v) is 20.5. The average molecular weight is 528 g/mol. The number of aliphatic hydroxyl groups is 2. The predicted molar refractivity (Wildman–Crippen MR) is 138 cm³/mol. The Bertz CT molecular complexity index is 1250. The number of phenols is 2. The highest BCUT2D eigenvalue weighted by atomic mass is 19.1. The molecule has 11 nitrogen and oxygen atoms in total. The first-order chi connectivity index (χ1) is 18.3. The van der Waals surface area contributed by atoms with E-state index in [1.54, 1.807) is 6.07 Å². The normalized spacial score (nSPS) is 20.8. The van der Waals surface area contributed by atoms with Gasteiger partial charge in [0.25, 0.3) is 0 Å². The second-order valence-electron chi connectivity index (χ2n) is 9.61. The molecule has 0 amide bonds. The van der Waals surface area contributed by atoms with E-state index in [4.69, 9.17) is 0 Å². The summed E-state index contributed by atoms with van der Waals surface area (Å²) in [5.74, 6) is -2.02. The summed E-state index contributed by atoms with van der Waals surface area (Å²) in [4.78, 5) is 17.3. The number of carboxylic acids is 1. The van der Waals surface area contributed by atoms with E-state index in [2.05, 4.69) is 10.5 Å². The average Bonchev–Trinajstić information content (AvgIpc) is 3.74. The van der Waals surface area contributed by atoms with E-state index in [-0.39, 0.29) is 40.8 Å². The molecule has 0 aromatic heterocycles. The Labute approximate surface area is 218 Å². The highest BCUT2D eigenvalue weighted by Crippen LogP contribution is 2.44. The van der Waals surface area contributed by atoms with Crippen molar-refractivity contribution in [2.24, 2.45) is 5.10 Å². The molecule has 12 heteroatoms. The molecule has 1 saturated carbocycles. The maximum Gasteiger partial charge on any atom is 0.336 e. The SMILES string of the molecule is O=C(O)C1=CN(C2CC2)c2cc(N3CCN(C(CO)N/N=C/c4c(O)cccc4O)CC3)c(F)cc2C1O. The summed E-state index contributed by atoms with van der Waals surface area (Å²) in [6.45, 7) is 1.65. The van der Waals surface area contributed by atoms with Crippen LogP contribution in [-0.4, -0.2) is 87.6 Å². The van der Waals surface area contributed by atoms with Crippen LogP contribution in [0.1, 0.15) is 30.1 Å². The number of carbonyl (C=O) groups is 1. The van der Waals surface area contributed by atoms with Gasteiger partial charge in [0.2, 0.25) is 0 Å². The third-order valence-electron chi connectivity index (χ3n) is 7.17. The fourth-order valence-electron chi connectivity index (χ4n) is 4.91. The van der Waals surface area contributed by atoms with Gasteiger partial charge in [0.05, 0.1) is 29.6 Å². The number of aromatic hydroxyl groups is 2. The van der Waals surface area contributed by atoms with Gasteiger partial charge in [-0.05, 0) is 37.1 Å². The van der Waals surface area contributed by atoms with Gasteiger partial charge in [0.1, 0.15) is 29.6 Å². The molecule has 202 valence electrons. The lowest BCUT2D eigenvalue weighted by molar-refractivity contribution is -0.133. The van der Waals surface area contributed by atoms with Gasteiger partial charge in [-0.2, -0.15) is 5.10 Å². The monoisotopic (exact) mass is 527 g/mol. The van der Waals surface area contributed by atoms with Crippen LogP contribution in [0.5, 0.6) is 11.5 Å². The molecule has 1 aliphatic carbocycles. The van der Waals surface area contributed by atoms with Crippen molar-refractivity contribution in [1.82, 2.24) is 10.3 Å². The molecule has 2 aliphatic heterocycles. The van der Waals surface area contributed by atoms with Crippen LogP contribution in [0.4, 0.5) is 15.8 Å². The molecule has 2 atom stereocenters. The number of aliphatic hydroxyl groups excluding tert-OH is 2. The van der Waals surface area contributed by atoms with Gasteiger partial charge >= 0.3 is 5.97 Å². The maximum atomic E-state index is 15.3. The third-order valence-corrected chi connectivity index (χ3v) is 7.17. The van der Waals surface area contributed by atoms with Gasteiger partial charge in [-0.15, -0.1) is 0 Å². The molecular formula is C26H30FN5O6. The predicted octanol–water partition coefficient (Wildman–Crippen LogP) is 1.29. The third kappa shape index (κ3) is 4.97. The number of hydrazone groups is 1. The van der Waals surface area contributed by atoms with E-state index < -0.39 is 24.1 Å². The summed E-state index contributed by atoms with van der Waals surface area (Å²) in [6, 6.07) is 7.40. The van der Waals surface area contributed by atoms with Crippen LogP contribution in [0.15, 0.2) is 47.2 Å². The minimum atomic E-state index is -1.41. The van der Waals surface area contributed by atoms with Crippen molar-refractivity contribution < 1.29 is 34.7 Å². The topological polar surface area (TPSA) is 152 Å². The smallest absolute Gasteiger partial charge is 0.336 e. The van der Waals surface area contributed by atoms with Crippen molar-refractivity contribution in [2.75, 3.05) is 42.6 Å². The Balaban J connectivity index is 1.28. The molecule has 0 bridgehead atoms. The molecule has 38 heavy (non-hydrogen) atoms. The Morgan fingerprint density at radius 1 is 1.13 bits per heavy atom. The molecule has 2 aromatic carbocycles. The van der Waals surface area contributed by atoms with Gasteiger partial charge < -0.3 is 35.3 Å². The summed E-state index contributed by atoms with van der Waals surface area (Å²) < 4.78 is 15.3. The van der Waals surface area contributed by atoms with Crippen molar-refractivity contribution >= 4 is 23.6 Å². The van der Waals surface area contributed by atoms with Crippen molar-refractivity contribution in [3.63, 3.8) is 0 Å². The summed E-state index contributed by atoms with van der Waals surface area (Å²) in [5.41, 5.74) is 4.04. The highest BCUT2D eigenvalue weighted by molar-refractivity contribution is 5.91. The van der Waals surface area contributed by atoms with Crippen molar-refractivity contribution in [1.29, 1.82) is 0 Å². The molecule has 0 spiro atoms. The number of rotatable bonds is 8. The van der Waals surface area contributed by atoms with Crippen LogP contribution < -0.4 is 15.2 Å². The molecular weight excluding hydrogens is 497 g/mol. The zero-order chi connectivity index (χ0) is 27.0. The molecule has 2 unspecified atom stereocenters. The zero-order valence-electron chi connectivity index (χ0n) is 20.5. The molecule has 0 radical (unpaired) electrons. The molecule has 5 rings (SSSR count). The van der Waals surface area contributed by atoms with Crippen molar-refractivity contribution in [2.45, 2.75) is 31.2 Å². The Hall–Kier alpha value is -3.87. The Morgan fingerprint density at radius 3 is 2.42 bits per heavy atom. The number of phenolic OH excluding ortho intramolecular Hbond substituents is 2. The van der Waals surface area contributed by atoms with E-state index in [1.807, 2.05) is 14.7 Å².